The molecule has 24 heavy (non-hydrogen) atoms. The number of carbonyl (C=O) groups is 1. The first-order chi connectivity index (χ1) is 11.1. The van der Waals surface area contributed by atoms with Crippen molar-refractivity contribution in [1.82, 2.24) is 10.2 Å². The summed E-state index contributed by atoms with van der Waals surface area (Å²) in [7, 11) is 3.67. The van der Waals surface area contributed by atoms with Gasteiger partial charge in [0.25, 0.3) is 0 Å². The van der Waals surface area contributed by atoms with Crippen molar-refractivity contribution in [3.05, 3.63) is 29.8 Å². The molecule has 136 valence electrons. The molecule has 4 nitrogen and oxygen atoms in total. The van der Waals surface area contributed by atoms with Gasteiger partial charge in [-0.3, -0.25) is 4.79 Å². The van der Waals surface area contributed by atoms with E-state index in [2.05, 4.69) is 29.3 Å². The van der Waals surface area contributed by atoms with E-state index in [-0.39, 0.29) is 18.3 Å². The fourth-order valence-electron chi connectivity index (χ4n) is 3.26. The minimum Gasteiger partial charge on any atom is -0.497 e. The van der Waals surface area contributed by atoms with Crippen LogP contribution in [0.25, 0.3) is 0 Å². The standard InChI is InChI=1S/C19H30N2O2.ClH/c1-15(17-4-6-18(23-3)7-5-17)14-19(22)21-12-9-16(10-13-21)8-11-20-2;/h4-7,15-16,20H,8-14H2,1-3H3;1H. The van der Waals surface area contributed by atoms with Gasteiger partial charge in [0.05, 0.1) is 7.11 Å². The molecular weight excluding hydrogens is 324 g/mol. The molecule has 0 saturated carbocycles. The van der Waals surface area contributed by atoms with Crippen molar-refractivity contribution < 1.29 is 9.53 Å². The van der Waals surface area contributed by atoms with E-state index in [1.165, 1.54) is 12.0 Å². The van der Waals surface area contributed by atoms with Crippen LogP contribution >= 0.6 is 12.4 Å². The zero-order valence-electron chi connectivity index (χ0n) is 15.1. The number of halogens is 1. The summed E-state index contributed by atoms with van der Waals surface area (Å²) in [5.41, 5.74) is 1.20. The molecule has 1 aliphatic heterocycles. The fraction of sp³-hybridized carbons (Fsp3) is 0.632. The van der Waals surface area contributed by atoms with Crippen molar-refractivity contribution in [2.24, 2.45) is 5.92 Å². The minimum absolute atomic E-state index is 0. The van der Waals surface area contributed by atoms with Gasteiger partial charge in [0.2, 0.25) is 5.91 Å². The van der Waals surface area contributed by atoms with Crippen LogP contribution < -0.4 is 10.1 Å². The maximum absolute atomic E-state index is 12.5. The molecule has 1 N–H and O–H groups in total. The van der Waals surface area contributed by atoms with Gasteiger partial charge in [-0.05, 0) is 62.4 Å². The van der Waals surface area contributed by atoms with Crippen molar-refractivity contribution in [3.63, 3.8) is 0 Å². The third-order valence-electron chi connectivity index (χ3n) is 4.94. The Labute approximate surface area is 152 Å². The topological polar surface area (TPSA) is 41.6 Å². The van der Waals surface area contributed by atoms with Gasteiger partial charge in [-0.25, -0.2) is 0 Å². The lowest BCUT2D eigenvalue weighted by Crippen LogP contribution is -2.39. The second-order valence-electron chi connectivity index (χ2n) is 6.59. The Morgan fingerprint density at radius 2 is 1.92 bits per heavy atom. The first-order valence-corrected chi connectivity index (χ1v) is 8.70. The zero-order chi connectivity index (χ0) is 16.7. The van der Waals surface area contributed by atoms with Crippen LogP contribution in [0.4, 0.5) is 0 Å². The number of carbonyl (C=O) groups excluding carboxylic acids is 1. The van der Waals surface area contributed by atoms with Crippen LogP contribution in [-0.4, -0.2) is 44.6 Å². The highest BCUT2D eigenvalue weighted by atomic mass is 35.5. The number of nitrogens with one attached hydrogen (secondary N) is 1. The number of amides is 1. The van der Waals surface area contributed by atoms with Gasteiger partial charge < -0.3 is 15.0 Å². The van der Waals surface area contributed by atoms with Gasteiger partial charge in [0.15, 0.2) is 0 Å². The van der Waals surface area contributed by atoms with Crippen molar-refractivity contribution in [1.29, 1.82) is 0 Å². The molecule has 1 atom stereocenters. The van der Waals surface area contributed by atoms with Crippen LogP contribution in [0.15, 0.2) is 24.3 Å². The van der Waals surface area contributed by atoms with Gasteiger partial charge >= 0.3 is 0 Å². The molecule has 1 saturated heterocycles. The van der Waals surface area contributed by atoms with E-state index in [4.69, 9.17) is 4.74 Å². The smallest absolute Gasteiger partial charge is 0.223 e. The van der Waals surface area contributed by atoms with Crippen LogP contribution in [0.5, 0.6) is 5.75 Å². The summed E-state index contributed by atoms with van der Waals surface area (Å²) in [6, 6.07) is 8.04. The summed E-state index contributed by atoms with van der Waals surface area (Å²) < 4.78 is 5.18. The van der Waals surface area contributed by atoms with Crippen molar-refractivity contribution in [2.75, 3.05) is 33.8 Å². The summed E-state index contributed by atoms with van der Waals surface area (Å²) in [4.78, 5) is 14.6. The van der Waals surface area contributed by atoms with Gasteiger partial charge in [0.1, 0.15) is 5.75 Å². The average molecular weight is 355 g/mol. The maximum atomic E-state index is 12.5. The summed E-state index contributed by atoms with van der Waals surface area (Å²) in [5.74, 6) is 2.16. The number of likely N-dealkylation sites (tertiary alicyclic amines) is 1. The quantitative estimate of drug-likeness (QED) is 0.815. The second-order valence-corrected chi connectivity index (χ2v) is 6.59. The number of ether oxygens (including phenoxy) is 1. The summed E-state index contributed by atoms with van der Waals surface area (Å²) in [6.45, 7) is 5.04. The SMILES string of the molecule is CNCCC1CCN(C(=O)CC(C)c2ccc(OC)cc2)CC1.Cl. The summed E-state index contributed by atoms with van der Waals surface area (Å²) in [6.07, 6.45) is 4.10. The first kappa shape index (κ1) is 20.8. The second kappa shape index (κ2) is 10.6. The van der Waals surface area contributed by atoms with Crippen LogP contribution in [0.1, 0.15) is 44.1 Å². The molecule has 1 fully saturated rings. The maximum Gasteiger partial charge on any atom is 0.223 e. The molecule has 5 heteroatoms. The van der Waals surface area contributed by atoms with Gasteiger partial charge in [-0.2, -0.15) is 0 Å². The third-order valence-corrected chi connectivity index (χ3v) is 4.94. The molecule has 2 rings (SSSR count). The normalized spacial score (nSPS) is 16.4. The molecular formula is C19H31ClN2O2. The number of piperidine rings is 1. The lowest BCUT2D eigenvalue weighted by Gasteiger charge is -2.32. The fourth-order valence-corrected chi connectivity index (χ4v) is 3.26. The van der Waals surface area contributed by atoms with Crippen LogP contribution in [0.3, 0.4) is 0 Å². The predicted molar refractivity (Wildman–Crippen MR) is 101 cm³/mol. The number of nitrogens with zero attached hydrogens (tertiary/aromatic N) is 1. The third kappa shape index (κ3) is 5.99. The Kier molecular flexibility index (Phi) is 9.16. The van der Waals surface area contributed by atoms with Crippen LogP contribution in [-0.2, 0) is 4.79 Å². The van der Waals surface area contributed by atoms with Gasteiger partial charge in [0, 0.05) is 19.5 Å². The molecule has 0 aliphatic carbocycles. The molecule has 0 aromatic heterocycles. The highest BCUT2D eigenvalue weighted by Gasteiger charge is 2.23. The number of hydrogen-bond acceptors (Lipinski definition) is 3. The molecule has 1 unspecified atom stereocenters. The Morgan fingerprint density at radius 3 is 2.46 bits per heavy atom. The largest absolute Gasteiger partial charge is 0.497 e. The highest BCUT2D eigenvalue weighted by Crippen LogP contribution is 2.25. The molecule has 1 aromatic rings. The van der Waals surface area contributed by atoms with Gasteiger partial charge in [-0.1, -0.05) is 19.1 Å². The Balaban J connectivity index is 0.00000288. The van der Waals surface area contributed by atoms with Gasteiger partial charge in [-0.15, -0.1) is 12.4 Å². The number of hydrogen-bond donors (Lipinski definition) is 1. The number of benzene rings is 1. The van der Waals surface area contributed by atoms with E-state index in [1.807, 2.05) is 19.2 Å². The molecule has 1 amide bonds. The lowest BCUT2D eigenvalue weighted by atomic mass is 9.92. The highest BCUT2D eigenvalue weighted by molar-refractivity contribution is 5.85. The molecule has 1 heterocycles. The summed E-state index contributed by atoms with van der Waals surface area (Å²) in [5, 5.41) is 3.21. The van der Waals surface area contributed by atoms with E-state index < -0.39 is 0 Å². The predicted octanol–water partition coefficient (Wildman–Crippen LogP) is 3.46. The van der Waals surface area contributed by atoms with E-state index >= 15 is 0 Å². The number of methoxy groups -OCH3 is 1. The van der Waals surface area contributed by atoms with E-state index in [0.29, 0.717) is 12.3 Å². The molecule has 1 aromatic carbocycles. The zero-order valence-corrected chi connectivity index (χ0v) is 15.9. The van der Waals surface area contributed by atoms with Crippen molar-refractivity contribution >= 4 is 18.3 Å². The molecule has 0 bridgehead atoms. The molecule has 1 aliphatic rings. The van der Waals surface area contributed by atoms with E-state index in [1.54, 1.807) is 7.11 Å². The van der Waals surface area contributed by atoms with Crippen LogP contribution in [0.2, 0.25) is 0 Å². The lowest BCUT2D eigenvalue weighted by molar-refractivity contribution is -0.132. The first-order valence-electron chi connectivity index (χ1n) is 8.70. The van der Waals surface area contributed by atoms with Crippen molar-refractivity contribution in [3.8, 4) is 5.75 Å². The molecule has 0 radical (unpaired) electrons. The average Bonchev–Trinajstić information content (AvgIpc) is 2.60. The minimum atomic E-state index is 0. The Morgan fingerprint density at radius 1 is 1.29 bits per heavy atom. The van der Waals surface area contributed by atoms with Crippen molar-refractivity contribution in [2.45, 2.75) is 38.5 Å². The van der Waals surface area contributed by atoms with E-state index in [0.717, 1.165) is 44.1 Å². The van der Waals surface area contributed by atoms with Crippen LogP contribution in [0, 0.1) is 5.92 Å². The molecule has 0 spiro atoms. The monoisotopic (exact) mass is 354 g/mol. The Hall–Kier alpha value is -1.26. The summed E-state index contributed by atoms with van der Waals surface area (Å²) >= 11 is 0. The Bertz CT molecular complexity index is 485. The van der Waals surface area contributed by atoms with E-state index in [9.17, 15) is 4.79 Å². The number of rotatable bonds is 7.